The molecule has 0 bridgehead atoms. The van der Waals surface area contributed by atoms with E-state index in [1.165, 1.54) is 5.57 Å². The predicted molar refractivity (Wildman–Crippen MR) is 72.8 cm³/mol. The summed E-state index contributed by atoms with van der Waals surface area (Å²) in [7, 11) is 0. The third kappa shape index (κ3) is 9.61. The first-order valence-corrected chi connectivity index (χ1v) is 6.24. The molecule has 0 aromatic carbocycles. The minimum atomic E-state index is -0.0987. The minimum absolute atomic E-state index is 0.0987. The zero-order valence-corrected chi connectivity index (χ0v) is 11.3. The third-order valence-electron chi connectivity index (χ3n) is 2.47. The first-order chi connectivity index (χ1) is 8.10. The Bertz CT molecular complexity index is 298. The van der Waals surface area contributed by atoms with Crippen molar-refractivity contribution in [2.45, 2.75) is 46.5 Å². The van der Waals surface area contributed by atoms with E-state index in [2.05, 4.69) is 25.7 Å². The van der Waals surface area contributed by atoms with E-state index in [-0.39, 0.29) is 5.97 Å². The van der Waals surface area contributed by atoms with E-state index in [4.69, 9.17) is 4.74 Å². The van der Waals surface area contributed by atoms with Crippen molar-refractivity contribution in [3.05, 3.63) is 36.0 Å². The van der Waals surface area contributed by atoms with Crippen LogP contribution < -0.4 is 0 Å². The number of rotatable bonds is 8. The summed E-state index contributed by atoms with van der Waals surface area (Å²) in [5.41, 5.74) is 2.34. The second kappa shape index (κ2) is 9.88. The van der Waals surface area contributed by atoms with Crippen LogP contribution in [-0.4, -0.2) is 12.6 Å². The number of carbonyl (C=O) groups excluding carboxylic acids is 1. The third-order valence-corrected chi connectivity index (χ3v) is 2.47. The summed E-state index contributed by atoms with van der Waals surface area (Å²) in [6.45, 7) is 10.4. The van der Waals surface area contributed by atoms with Crippen LogP contribution >= 0.6 is 0 Å². The van der Waals surface area contributed by atoms with Gasteiger partial charge in [0.15, 0.2) is 0 Å². The molecule has 0 aliphatic carbocycles. The molecule has 0 spiro atoms. The van der Waals surface area contributed by atoms with Crippen LogP contribution in [-0.2, 0) is 9.53 Å². The summed E-state index contributed by atoms with van der Waals surface area (Å²) in [6, 6.07) is 0. The molecule has 0 amide bonds. The van der Waals surface area contributed by atoms with Crippen molar-refractivity contribution in [3.8, 4) is 0 Å². The predicted octanol–water partition coefficient (Wildman–Crippen LogP) is 4.19. The monoisotopic (exact) mass is 236 g/mol. The van der Waals surface area contributed by atoms with Gasteiger partial charge in [-0.1, -0.05) is 36.0 Å². The maximum absolute atomic E-state index is 11.1. The average Bonchev–Trinajstić information content (AvgIpc) is 2.32. The van der Waals surface area contributed by atoms with E-state index >= 15 is 0 Å². The van der Waals surface area contributed by atoms with Crippen LogP contribution in [0.25, 0.3) is 0 Å². The van der Waals surface area contributed by atoms with Gasteiger partial charge in [0.1, 0.15) is 0 Å². The van der Waals surface area contributed by atoms with E-state index in [9.17, 15) is 4.79 Å². The summed E-state index contributed by atoms with van der Waals surface area (Å²) >= 11 is 0. The molecule has 2 heteroatoms. The van der Waals surface area contributed by atoms with Crippen LogP contribution in [0.4, 0.5) is 0 Å². The molecular weight excluding hydrogens is 212 g/mol. The fraction of sp³-hybridized carbons (Fsp3) is 0.533. The number of hydrogen-bond acceptors (Lipinski definition) is 2. The zero-order valence-electron chi connectivity index (χ0n) is 11.3. The highest BCUT2D eigenvalue weighted by Gasteiger charge is 2.00. The van der Waals surface area contributed by atoms with Crippen molar-refractivity contribution in [1.82, 2.24) is 0 Å². The van der Waals surface area contributed by atoms with Crippen LogP contribution in [0.2, 0.25) is 0 Å². The Morgan fingerprint density at radius 2 is 1.88 bits per heavy atom. The molecule has 0 radical (unpaired) electrons. The minimum Gasteiger partial charge on any atom is -0.466 e. The molecule has 0 aliphatic heterocycles. The van der Waals surface area contributed by atoms with E-state index in [1.54, 1.807) is 0 Å². The number of carbonyl (C=O) groups is 1. The van der Waals surface area contributed by atoms with E-state index < -0.39 is 0 Å². The van der Waals surface area contributed by atoms with Crippen LogP contribution in [0.1, 0.15) is 46.5 Å². The Hall–Kier alpha value is -1.31. The van der Waals surface area contributed by atoms with Gasteiger partial charge in [0.25, 0.3) is 0 Å². The molecule has 0 atom stereocenters. The molecular formula is C15H24O2. The lowest BCUT2D eigenvalue weighted by Gasteiger charge is -2.02. The molecule has 0 saturated heterocycles. The lowest BCUT2D eigenvalue weighted by Crippen LogP contribution is -2.03. The molecule has 0 aromatic rings. The Morgan fingerprint density at radius 1 is 1.24 bits per heavy atom. The largest absolute Gasteiger partial charge is 0.466 e. The van der Waals surface area contributed by atoms with Crippen molar-refractivity contribution in [2.75, 3.05) is 6.61 Å². The van der Waals surface area contributed by atoms with Gasteiger partial charge in [-0.2, -0.15) is 0 Å². The summed E-state index contributed by atoms with van der Waals surface area (Å²) in [5.74, 6) is -0.0987. The Balaban J connectivity index is 3.65. The summed E-state index contributed by atoms with van der Waals surface area (Å²) in [4.78, 5) is 11.1. The average molecular weight is 236 g/mol. The van der Waals surface area contributed by atoms with E-state index in [1.807, 2.05) is 19.9 Å². The highest BCUT2D eigenvalue weighted by Crippen LogP contribution is 2.10. The van der Waals surface area contributed by atoms with E-state index in [0.717, 1.165) is 24.8 Å². The first kappa shape index (κ1) is 15.7. The smallest absolute Gasteiger partial charge is 0.305 e. The van der Waals surface area contributed by atoms with Crippen molar-refractivity contribution < 1.29 is 9.53 Å². The second-order valence-electron chi connectivity index (χ2n) is 4.04. The highest BCUT2D eigenvalue weighted by molar-refractivity contribution is 5.69. The fourth-order valence-electron chi connectivity index (χ4n) is 1.28. The summed E-state index contributed by atoms with van der Waals surface area (Å²) < 4.78 is 4.86. The standard InChI is InChI=1S/C15H24O2/c1-5-13(3)11-12-14(4)9-7-8-10-15(16)17-6-2/h5,11-12H,4,6-10H2,1-3H3. The van der Waals surface area contributed by atoms with Gasteiger partial charge in [-0.15, -0.1) is 0 Å². The maximum Gasteiger partial charge on any atom is 0.305 e. The van der Waals surface area contributed by atoms with Gasteiger partial charge >= 0.3 is 5.97 Å². The molecule has 2 nitrogen and oxygen atoms in total. The topological polar surface area (TPSA) is 26.3 Å². The molecule has 0 rings (SSSR count). The second-order valence-corrected chi connectivity index (χ2v) is 4.04. The van der Waals surface area contributed by atoms with Crippen molar-refractivity contribution >= 4 is 5.97 Å². The summed E-state index contributed by atoms with van der Waals surface area (Å²) in [5, 5.41) is 0. The van der Waals surface area contributed by atoms with Gasteiger partial charge in [0.2, 0.25) is 0 Å². The number of unbranched alkanes of at least 4 members (excludes halogenated alkanes) is 1. The normalized spacial score (nSPS) is 11.8. The lowest BCUT2D eigenvalue weighted by molar-refractivity contribution is -0.143. The number of esters is 1. The van der Waals surface area contributed by atoms with Crippen LogP contribution in [0, 0.1) is 0 Å². The Kier molecular flexibility index (Phi) is 9.12. The fourth-order valence-corrected chi connectivity index (χ4v) is 1.28. The molecule has 0 N–H and O–H groups in total. The molecule has 0 fully saturated rings. The van der Waals surface area contributed by atoms with Gasteiger partial charge in [-0.3, -0.25) is 4.79 Å². The highest BCUT2D eigenvalue weighted by atomic mass is 16.5. The molecule has 0 unspecified atom stereocenters. The van der Waals surface area contributed by atoms with Crippen molar-refractivity contribution in [1.29, 1.82) is 0 Å². The van der Waals surface area contributed by atoms with Gasteiger partial charge < -0.3 is 4.74 Å². The van der Waals surface area contributed by atoms with E-state index in [0.29, 0.717) is 13.0 Å². The number of hydrogen-bond donors (Lipinski definition) is 0. The molecule has 0 aliphatic rings. The maximum atomic E-state index is 11.1. The molecule has 0 aromatic heterocycles. The molecule has 17 heavy (non-hydrogen) atoms. The van der Waals surface area contributed by atoms with Crippen molar-refractivity contribution in [2.24, 2.45) is 0 Å². The van der Waals surface area contributed by atoms with Crippen molar-refractivity contribution in [3.63, 3.8) is 0 Å². The number of allylic oxidation sites excluding steroid dienone is 5. The summed E-state index contributed by atoms with van der Waals surface area (Å²) in [6.07, 6.45) is 9.47. The van der Waals surface area contributed by atoms with Gasteiger partial charge in [0.05, 0.1) is 6.61 Å². The SMILES string of the molecule is C=C(C=CC(C)=CC)CCCCC(=O)OCC. The molecule has 0 saturated carbocycles. The Morgan fingerprint density at radius 3 is 2.47 bits per heavy atom. The number of ether oxygens (including phenoxy) is 1. The van der Waals surface area contributed by atoms with Gasteiger partial charge in [0, 0.05) is 6.42 Å². The first-order valence-electron chi connectivity index (χ1n) is 6.24. The quantitative estimate of drug-likeness (QED) is 0.359. The van der Waals surface area contributed by atoms with Gasteiger partial charge in [-0.25, -0.2) is 0 Å². The lowest BCUT2D eigenvalue weighted by atomic mass is 10.1. The van der Waals surface area contributed by atoms with Gasteiger partial charge in [-0.05, 0) is 40.0 Å². The van der Waals surface area contributed by atoms with Crippen LogP contribution in [0.15, 0.2) is 36.0 Å². The van der Waals surface area contributed by atoms with Crippen LogP contribution in [0.3, 0.4) is 0 Å². The zero-order chi connectivity index (χ0) is 13.1. The van der Waals surface area contributed by atoms with Crippen LogP contribution in [0.5, 0.6) is 0 Å². The molecule has 96 valence electrons. The molecule has 0 heterocycles. The Labute approximate surface area is 105 Å².